The third kappa shape index (κ3) is 6.44. The lowest BCUT2D eigenvalue weighted by Crippen LogP contribution is -2.35. The lowest BCUT2D eigenvalue weighted by Gasteiger charge is -2.30. The fourth-order valence-electron chi connectivity index (χ4n) is 4.99. The van der Waals surface area contributed by atoms with E-state index in [0.29, 0.717) is 12.5 Å². The molecule has 1 aromatic heterocycles. The Bertz CT molecular complexity index is 1170. The second kappa shape index (κ2) is 12.3. The highest BCUT2D eigenvalue weighted by Crippen LogP contribution is 2.36. The molecule has 0 spiro atoms. The molecule has 5 rings (SSSR count). The minimum Gasteiger partial charge on any atom is -0.496 e. The second-order valence-electron chi connectivity index (χ2n) is 9.95. The lowest BCUT2D eigenvalue weighted by atomic mass is 9.98. The van der Waals surface area contributed by atoms with Crippen LogP contribution in [0.1, 0.15) is 29.5 Å². The summed E-state index contributed by atoms with van der Waals surface area (Å²) in [7, 11) is 1.72. The summed E-state index contributed by atoms with van der Waals surface area (Å²) in [5, 5.41) is 12.6. The molecule has 198 valence electrons. The minimum atomic E-state index is 0.280. The highest BCUT2D eigenvalue weighted by Gasteiger charge is 2.22. The largest absolute Gasteiger partial charge is 0.496 e. The van der Waals surface area contributed by atoms with Crippen molar-refractivity contribution in [1.82, 2.24) is 9.88 Å². The number of ether oxygens (including phenoxy) is 3. The van der Waals surface area contributed by atoms with Crippen LogP contribution >= 0.6 is 11.3 Å². The van der Waals surface area contributed by atoms with Gasteiger partial charge in [0.1, 0.15) is 18.1 Å². The average Bonchev–Trinajstić information content (AvgIpc) is 3.43. The van der Waals surface area contributed by atoms with Gasteiger partial charge in [0.25, 0.3) is 0 Å². The molecule has 0 bridgehead atoms. The number of aryl methyl sites for hydroxylation is 1. The van der Waals surface area contributed by atoms with Crippen LogP contribution in [0.5, 0.6) is 11.5 Å². The van der Waals surface area contributed by atoms with E-state index in [-0.39, 0.29) is 6.61 Å². The van der Waals surface area contributed by atoms with Crippen molar-refractivity contribution in [2.45, 2.75) is 32.9 Å². The van der Waals surface area contributed by atoms with Crippen LogP contribution in [0.2, 0.25) is 0 Å². The van der Waals surface area contributed by atoms with Crippen molar-refractivity contribution in [1.29, 1.82) is 0 Å². The molecule has 7 nitrogen and oxygen atoms in total. The van der Waals surface area contributed by atoms with Crippen LogP contribution in [0, 0.1) is 12.8 Å². The standard InChI is InChI=1S/C29H37N3O4S/c1-21-3-6-27(25(15-21)26-20-37-29(30-26)32-9-7-22(18-33)8-10-32)36-19-24-5-4-23(16-28(24)34-2)17-31-11-13-35-14-12-31/h3-6,15-16,20,22,33H,7-14,17-19H2,1-2H3. The molecule has 0 saturated carbocycles. The molecule has 2 aliphatic heterocycles. The summed E-state index contributed by atoms with van der Waals surface area (Å²) >= 11 is 1.68. The van der Waals surface area contributed by atoms with Crippen LogP contribution in [0.4, 0.5) is 5.13 Å². The number of methoxy groups -OCH3 is 1. The monoisotopic (exact) mass is 523 g/mol. The number of nitrogens with zero attached hydrogens (tertiary/aromatic N) is 3. The van der Waals surface area contributed by atoms with E-state index in [1.807, 2.05) is 6.07 Å². The first-order valence-electron chi connectivity index (χ1n) is 13.1. The van der Waals surface area contributed by atoms with Gasteiger partial charge in [-0.3, -0.25) is 4.90 Å². The molecule has 0 unspecified atom stereocenters. The maximum Gasteiger partial charge on any atom is 0.185 e. The Hall–Kier alpha value is -2.65. The van der Waals surface area contributed by atoms with Gasteiger partial charge in [-0.1, -0.05) is 23.8 Å². The van der Waals surface area contributed by atoms with Gasteiger partial charge in [-0.2, -0.15) is 0 Å². The smallest absolute Gasteiger partial charge is 0.185 e. The summed E-state index contributed by atoms with van der Waals surface area (Å²) in [6.45, 7) is 9.09. The third-order valence-corrected chi connectivity index (χ3v) is 8.19. The summed E-state index contributed by atoms with van der Waals surface area (Å²) in [6, 6.07) is 12.7. The number of aliphatic hydroxyl groups is 1. The van der Waals surface area contributed by atoms with E-state index in [4.69, 9.17) is 19.2 Å². The van der Waals surface area contributed by atoms with E-state index in [1.54, 1.807) is 18.4 Å². The molecule has 8 heteroatoms. The maximum absolute atomic E-state index is 9.44. The second-order valence-corrected chi connectivity index (χ2v) is 10.8. The fourth-order valence-corrected chi connectivity index (χ4v) is 5.87. The average molecular weight is 524 g/mol. The Morgan fingerprint density at radius 3 is 2.62 bits per heavy atom. The number of piperidine rings is 1. The van der Waals surface area contributed by atoms with Gasteiger partial charge in [0.2, 0.25) is 0 Å². The Balaban J connectivity index is 1.28. The summed E-state index contributed by atoms with van der Waals surface area (Å²) in [5.74, 6) is 2.08. The van der Waals surface area contributed by atoms with Crippen molar-refractivity contribution >= 4 is 16.5 Å². The van der Waals surface area contributed by atoms with Gasteiger partial charge in [0, 0.05) is 55.8 Å². The van der Waals surface area contributed by atoms with Crippen molar-refractivity contribution in [2.75, 3.05) is 58.0 Å². The topological polar surface area (TPSA) is 67.3 Å². The van der Waals surface area contributed by atoms with E-state index in [2.05, 4.69) is 52.4 Å². The van der Waals surface area contributed by atoms with E-state index in [1.165, 1.54) is 11.1 Å². The van der Waals surface area contributed by atoms with E-state index in [0.717, 1.165) is 92.2 Å². The van der Waals surface area contributed by atoms with Crippen molar-refractivity contribution in [3.05, 3.63) is 58.5 Å². The molecule has 2 fully saturated rings. The van der Waals surface area contributed by atoms with Crippen LogP contribution in [-0.4, -0.2) is 68.1 Å². The normalized spacial score (nSPS) is 17.2. The van der Waals surface area contributed by atoms with Gasteiger partial charge in [0.05, 0.1) is 26.0 Å². The molecule has 0 atom stereocenters. The molecule has 0 amide bonds. The van der Waals surface area contributed by atoms with Crippen LogP contribution in [-0.2, 0) is 17.9 Å². The molecular weight excluding hydrogens is 486 g/mol. The van der Waals surface area contributed by atoms with Gasteiger partial charge >= 0.3 is 0 Å². The Kier molecular flexibility index (Phi) is 8.61. The highest BCUT2D eigenvalue weighted by molar-refractivity contribution is 7.14. The van der Waals surface area contributed by atoms with Crippen LogP contribution in [0.15, 0.2) is 41.8 Å². The van der Waals surface area contributed by atoms with Crippen LogP contribution in [0.3, 0.4) is 0 Å². The molecule has 37 heavy (non-hydrogen) atoms. The number of benzene rings is 2. The van der Waals surface area contributed by atoms with E-state index in [9.17, 15) is 5.11 Å². The number of anilines is 1. The summed E-state index contributed by atoms with van der Waals surface area (Å²) < 4.78 is 17.6. The summed E-state index contributed by atoms with van der Waals surface area (Å²) in [6.07, 6.45) is 2.02. The highest BCUT2D eigenvalue weighted by atomic mass is 32.1. The first-order chi connectivity index (χ1) is 18.1. The first kappa shape index (κ1) is 26.0. The Labute approximate surface area is 223 Å². The van der Waals surface area contributed by atoms with Gasteiger partial charge in [-0.05, 0) is 49.4 Å². The van der Waals surface area contributed by atoms with Crippen molar-refractivity contribution in [3.8, 4) is 22.8 Å². The number of thiazole rings is 1. The minimum absolute atomic E-state index is 0.280. The molecular formula is C29H37N3O4S. The van der Waals surface area contributed by atoms with E-state index < -0.39 is 0 Å². The van der Waals surface area contributed by atoms with Crippen molar-refractivity contribution in [2.24, 2.45) is 5.92 Å². The summed E-state index contributed by atoms with van der Waals surface area (Å²) in [5.41, 5.74) is 5.37. The Morgan fingerprint density at radius 1 is 1.05 bits per heavy atom. The van der Waals surface area contributed by atoms with Crippen LogP contribution < -0.4 is 14.4 Å². The molecule has 2 aromatic carbocycles. The maximum atomic E-state index is 9.44. The zero-order valence-corrected chi connectivity index (χ0v) is 22.6. The molecule has 2 saturated heterocycles. The van der Waals surface area contributed by atoms with Gasteiger partial charge in [-0.15, -0.1) is 11.3 Å². The predicted molar refractivity (Wildman–Crippen MR) is 148 cm³/mol. The van der Waals surface area contributed by atoms with Crippen molar-refractivity contribution in [3.63, 3.8) is 0 Å². The zero-order valence-electron chi connectivity index (χ0n) is 21.8. The number of hydrogen-bond acceptors (Lipinski definition) is 8. The number of aromatic nitrogens is 1. The molecule has 2 aliphatic rings. The van der Waals surface area contributed by atoms with Gasteiger partial charge < -0.3 is 24.2 Å². The number of aliphatic hydroxyl groups excluding tert-OH is 1. The molecule has 1 N–H and O–H groups in total. The quantitative estimate of drug-likeness (QED) is 0.434. The summed E-state index contributed by atoms with van der Waals surface area (Å²) in [4.78, 5) is 9.72. The van der Waals surface area contributed by atoms with Gasteiger partial charge in [0.15, 0.2) is 5.13 Å². The SMILES string of the molecule is COc1cc(CN2CCOCC2)ccc1COc1ccc(C)cc1-c1csc(N2CCC(CO)CC2)n1. The molecule has 0 aliphatic carbocycles. The Morgan fingerprint density at radius 2 is 1.86 bits per heavy atom. The fraction of sp³-hybridized carbons (Fsp3) is 0.483. The lowest BCUT2D eigenvalue weighted by molar-refractivity contribution is 0.0341. The third-order valence-electron chi connectivity index (χ3n) is 7.29. The molecule has 3 heterocycles. The predicted octanol–water partition coefficient (Wildman–Crippen LogP) is 4.75. The molecule has 0 radical (unpaired) electrons. The van der Waals surface area contributed by atoms with Crippen molar-refractivity contribution < 1.29 is 19.3 Å². The van der Waals surface area contributed by atoms with Gasteiger partial charge in [-0.25, -0.2) is 4.98 Å². The number of morpholine rings is 1. The first-order valence-corrected chi connectivity index (χ1v) is 14.0. The molecule has 3 aromatic rings. The number of rotatable bonds is 9. The number of hydrogen-bond donors (Lipinski definition) is 1. The van der Waals surface area contributed by atoms with Crippen LogP contribution in [0.25, 0.3) is 11.3 Å². The van der Waals surface area contributed by atoms with E-state index >= 15 is 0 Å². The zero-order chi connectivity index (χ0) is 25.6.